The zero-order valence-electron chi connectivity index (χ0n) is 12.8. The van der Waals surface area contributed by atoms with Crippen LogP contribution in [0.5, 0.6) is 0 Å². The molecule has 19 heavy (non-hydrogen) atoms. The van der Waals surface area contributed by atoms with Crippen LogP contribution in [0.3, 0.4) is 0 Å². The summed E-state index contributed by atoms with van der Waals surface area (Å²) >= 11 is 0. The predicted octanol–water partition coefficient (Wildman–Crippen LogP) is 2.49. The van der Waals surface area contributed by atoms with Gasteiger partial charge in [-0.25, -0.2) is 0 Å². The smallest absolute Gasteiger partial charge is 0.0989 e. The van der Waals surface area contributed by atoms with Gasteiger partial charge in [-0.15, -0.1) is 0 Å². The van der Waals surface area contributed by atoms with E-state index in [1.165, 1.54) is 25.7 Å². The maximum atomic E-state index is 6.03. The molecule has 4 nitrogen and oxygen atoms in total. The highest BCUT2D eigenvalue weighted by molar-refractivity contribution is 4.95. The number of rotatable bonds is 11. The van der Waals surface area contributed by atoms with E-state index in [2.05, 4.69) is 13.8 Å². The summed E-state index contributed by atoms with van der Waals surface area (Å²) < 4.78 is 16.7. The number of ether oxygens (including phenoxy) is 3. The second-order valence-corrected chi connectivity index (χ2v) is 5.56. The number of hydrogen-bond donors (Lipinski definition) is 1. The van der Waals surface area contributed by atoms with Crippen molar-refractivity contribution in [1.82, 2.24) is 0 Å². The minimum atomic E-state index is 0.0493. The highest BCUT2D eigenvalue weighted by Gasteiger charge is 2.41. The lowest BCUT2D eigenvalue weighted by Crippen LogP contribution is -2.59. The predicted molar refractivity (Wildman–Crippen MR) is 77.3 cm³/mol. The van der Waals surface area contributed by atoms with E-state index in [0.29, 0.717) is 19.3 Å². The minimum Gasteiger partial charge on any atom is -0.382 e. The van der Waals surface area contributed by atoms with Crippen LogP contribution in [0, 0.1) is 0 Å². The molecule has 0 aromatic rings. The van der Waals surface area contributed by atoms with E-state index in [-0.39, 0.29) is 18.2 Å². The summed E-state index contributed by atoms with van der Waals surface area (Å²) in [5.74, 6) is 0. The summed E-state index contributed by atoms with van der Waals surface area (Å²) in [5, 5.41) is 0. The van der Waals surface area contributed by atoms with Gasteiger partial charge in [-0.3, -0.25) is 0 Å². The standard InChI is InChI=1S/C15H31NO3/c1-4-5-6-7-8-12(2)19-14-11-13(16)15(14)18-10-9-17-3/h12-15H,4-11,16H2,1-3H3. The SMILES string of the molecule is CCCCCCC(C)OC1CC(N)C1OCCOC. The Labute approximate surface area is 118 Å². The summed E-state index contributed by atoms with van der Waals surface area (Å²) in [6, 6.07) is 0.120. The molecule has 0 aromatic heterocycles. The molecule has 1 fully saturated rings. The molecule has 4 unspecified atom stereocenters. The second-order valence-electron chi connectivity index (χ2n) is 5.56. The topological polar surface area (TPSA) is 53.7 Å². The van der Waals surface area contributed by atoms with Crippen LogP contribution in [-0.4, -0.2) is 44.7 Å². The number of unbranched alkanes of at least 4 members (excludes halogenated alkanes) is 3. The maximum Gasteiger partial charge on any atom is 0.0989 e. The first-order valence-corrected chi connectivity index (χ1v) is 7.70. The third-order valence-corrected chi connectivity index (χ3v) is 3.76. The Balaban J connectivity index is 2.13. The molecule has 0 bridgehead atoms. The number of hydrogen-bond acceptors (Lipinski definition) is 4. The summed E-state index contributed by atoms with van der Waals surface area (Å²) in [4.78, 5) is 0. The van der Waals surface area contributed by atoms with E-state index in [0.717, 1.165) is 12.8 Å². The van der Waals surface area contributed by atoms with Crippen LogP contribution < -0.4 is 5.73 Å². The zero-order valence-corrected chi connectivity index (χ0v) is 12.8. The molecule has 0 spiro atoms. The monoisotopic (exact) mass is 273 g/mol. The molecule has 4 atom stereocenters. The lowest BCUT2D eigenvalue weighted by molar-refractivity contribution is -0.163. The molecule has 0 aromatic carbocycles. The Morgan fingerprint density at radius 3 is 2.63 bits per heavy atom. The number of nitrogens with two attached hydrogens (primary N) is 1. The van der Waals surface area contributed by atoms with Crippen molar-refractivity contribution >= 4 is 0 Å². The molecule has 1 rings (SSSR count). The van der Waals surface area contributed by atoms with Gasteiger partial charge in [0.05, 0.1) is 31.5 Å². The molecule has 0 aliphatic heterocycles. The van der Waals surface area contributed by atoms with Crippen molar-refractivity contribution in [3.05, 3.63) is 0 Å². The Morgan fingerprint density at radius 2 is 2.00 bits per heavy atom. The van der Waals surface area contributed by atoms with E-state index in [4.69, 9.17) is 19.9 Å². The average Bonchev–Trinajstić information content (AvgIpc) is 2.39. The first-order chi connectivity index (χ1) is 9.19. The second kappa shape index (κ2) is 9.70. The molecule has 0 radical (unpaired) electrons. The van der Waals surface area contributed by atoms with Crippen LogP contribution in [0.4, 0.5) is 0 Å². The van der Waals surface area contributed by atoms with E-state index >= 15 is 0 Å². The Hall–Kier alpha value is -0.160. The molecule has 4 heteroatoms. The third kappa shape index (κ3) is 6.21. The van der Waals surface area contributed by atoms with Crippen LogP contribution in [0.25, 0.3) is 0 Å². The lowest BCUT2D eigenvalue weighted by atomic mass is 9.86. The Bertz CT molecular complexity index is 225. The summed E-state index contributed by atoms with van der Waals surface area (Å²) in [5.41, 5.74) is 5.96. The van der Waals surface area contributed by atoms with Gasteiger partial charge in [-0.05, 0) is 19.8 Å². The largest absolute Gasteiger partial charge is 0.382 e. The van der Waals surface area contributed by atoms with Crippen molar-refractivity contribution in [2.45, 2.75) is 76.7 Å². The van der Waals surface area contributed by atoms with Gasteiger partial charge in [0.2, 0.25) is 0 Å². The molecule has 0 saturated heterocycles. The van der Waals surface area contributed by atoms with Gasteiger partial charge in [-0.1, -0.05) is 32.6 Å². The van der Waals surface area contributed by atoms with Crippen molar-refractivity contribution in [3.8, 4) is 0 Å². The molecule has 1 saturated carbocycles. The molecular formula is C15H31NO3. The first kappa shape index (κ1) is 16.9. The van der Waals surface area contributed by atoms with Gasteiger partial charge < -0.3 is 19.9 Å². The van der Waals surface area contributed by atoms with E-state index < -0.39 is 0 Å². The molecule has 2 N–H and O–H groups in total. The van der Waals surface area contributed by atoms with Crippen molar-refractivity contribution in [2.24, 2.45) is 5.73 Å². The summed E-state index contributed by atoms with van der Waals surface area (Å²) in [6.45, 7) is 5.60. The van der Waals surface area contributed by atoms with Gasteiger partial charge in [0.1, 0.15) is 0 Å². The molecule has 0 heterocycles. The van der Waals surface area contributed by atoms with Gasteiger partial charge in [0.15, 0.2) is 0 Å². The molecule has 0 amide bonds. The summed E-state index contributed by atoms with van der Waals surface area (Å²) in [7, 11) is 1.68. The Kier molecular flexibility index (Phi) is 8.62. The molecule has 1 aliphatic carbocycles. The van der Waals surface area contributed by atoms with Crippen molar-refractivity contribution in [1.29, 1.82) is 0 Å². The van der Waals surface area contributed by atoms with Gasteiger partial charge >= 0.3 is 0 Å². The lowest BCUT2D eigenvalue weighted by Gasteiger charge is -2.43. The molecule has 114 valence electrons. The first-order valence-electron chi connectivity index (χ1n) is 7.70. The van der Waals surface area contributed by atoms with E-state index in [9.17, 15) is 0 Å². The fourth-order valence-corrected chi connectivity index (χ4v) is 2.47. The van der Waals surface area contributed by atoms with Crippen LogP contribution >= 0.6 is 0 Å². The van der Waals surface area contributed by atoms with E-state index in [1.807, 2.05) is 0 Å². The quantitative estimate of drug-likeness (QED) is 0.588. The van der Waals surface area contributed by atoms with E-state index in [1.54, 1.807) is 7.11 Å². The van der Waals surface area contributed by atoms with Crippen LogP contribution in [0.15, 0.2) is 0 Å². The highest BCUT2D eigenvalue weighted by atomic mass is 16.6. The minimum absolute atomic E-state index is 0.0493. The Morgan fingerprint density at radius 1 is 1.21 bits per heavy atom. The van der Waals surface area contributed by atoms with Gasteiger partial charge in [0, 0.05) is 13.2 Å². The van der Waals surface area contributed by atoms with Crippen LogP contribution in [0.1, 0.15) is 52.4 Å². The van der Waals surface area contributed by atoms with Gasteiger partial charge in [0.25, 0.3) is 0 Å². The van der Waals surface area contributed by atoms with Crippen molar-refractivity contribution < 1.29 is 14.2 Å². The number of methoxy groups -OCH3 is 1. The van der Waals surface area contributed by atoms with Crippen LogP contribution in [0.2, 0.25) is 0 Å². The highest BCUT2D eigenvalue weighted by Crippen LogP contribution is 2.27. The van der Waals surface area contributed by atoms with Gasteiger partial charge in [-0.2, -0.15) is 0 Å². The normalized spacial score (nSPS) is 28.1. The molecular weight excluding hydrogens is 242 g/mol. The zero-order chi connectivity index (χ0) is 14.1. The average molecular weight is 273 g/mol. The van der Waals surface area contributed by atoms with Crippen molar-refractivity contribution in [2.75, 3.05) is 20.3 Å². The molecule has 1 aliphatic rings. The van der Waals surface area contributed by atoms with Crippen molar-refractivity contribution in [3.63, 3.8) is 0 Å². The summed E-state index contributed by atoms with van der Waals surface area (Å²) in [6.07, 6.45) is 7.74. The van der Waals surface area contributed by atoms with Crippen LogP contribution in [-0.2, 0) is 14.2 Å². The fourth-order valence-electron chi connectivity index (χ4n) is 2.47. The maximum absolute atomic E-state index is 6.03. The third-order valence-electron chi connectivity index (χ3n) is 3.76. The fraction of sp³-hybridized carbons (Fsp3) is 1.00.